The van der Waals surface area contributed by atoms with Crippen molar-refractivity contribution in [3.63, 3.8) is 0 Å². The number of carbonyl (C=O) groups excluding carboxylic acids is 1. The fourth-order valence-electron chi connectivity index (χ4n) is 2.99. The summed E-state index contributed by atoms with van der Waals surface area (Å²) in [6.45, 7) is 8.09. The zero-order valence-electron chi connectivity index (χ0n) is 15.1. The van der Waals surface area contributed by atoms with Crippen LogP contribution in [0.1, 0.15) is 45.6 Å². The number of hydrogen-bond acceptors (Lipinski definition) is 4. The maximum absolute atomic E-state index is 12.5. The van der Waals surface area contributed by atoms with Crippen LogP contribution in [0.5, 0.6) is 0 Å². The first-order chi connectivity index (χ1) is 11.2. The summed E-state index contributed by atoms with van der Waals surface area (Å²) >= 11 is 5.83. The van der Waals surface area contributed by atoms with Crippen molar-refractivity contribution in [2.45, 2.75) is 58.2 Å². The zero-order chi connectivity index (χ0) is 17.7. The van der Waals surface area contributed by atoms with Gasteiger partial charge in [0.25, 0.3) is 0 Å². The van der Waals surface area contributed by atoms with Crippen molar-refractivity contribution in [2.24, 2.45) is 0 Å². The molecule has 134 valence electrons. The summed E-state index contributed by atoms with van der Waals surface area (Å²) < 4.78 is 5.56. The van der Waals surface area contributed by atoms with Gasteiger partial charge in [0, 0.05) is 31.9 Å². The Morgan fingerprint density at radius 1 is 1.42 bits per heavy atom. The van der Waals surface area contributed by atoms with E-state index in [4.69, 9.17) is 16.3 Å². The molecule has 1 aliphatic rings. The molecule has 0 saturated carbocycles. The van der Waals surface area contributed by atoms with Crippen molar-refractivity contribution < 1.29 is 9.53 Å². The molecule has 1 atom stereocenters. The van der Waals surface area contributed by atoms with Gasteiger partial charge in [-0.25, -0.2) is 9.78 Å². The Morgan fingerprint density at radius 2 is 2.17 bits per heavy atom. The smallest absolute Gasteiger partial charge is 0.410 e. The van der Waals surface area contributed by atoms with E-state index in [2.05, 4.69) is 16.9 Å². The van der Waals surface area contributed by atoms with Crippen molar-refractivity contribution in [3.8, 4) is 0 Å². The number of rotatable bonds is 4. The van der Waals surface area contributed by atoms with Gasteiger partial charge in [0.15, 0.2) is 0 Å². The number of likely N-dealkylation sites (tertiary alicyclic amines) is 1. The minimum Gasteiger partial charge on any atom is -0.444 e. The van der Waals surface area contributed by atoms with Gasteiger partial charge in [0.2, 0.25) is 0 Å². The number of piperidine rings is 1. The minimum absolute atomic E-state index is 0.193. The average Bonchev–Trinajstić information content (AvgIpc) is 2.48. The lowest BCUT2D eigenvalue weighted by Crippen LogP contribution is -2.50. The second-order valence-electron chi connectivity index (χ2n) is 7.51. The lowest BCUT2D eigenvalue weighted by molar-refractivity contribution is 0.00586. The van der Waals surface area contributed by atoms with Gasteiger partial charge in [-0.1, -0.05) is 17.7 Å². The summed E-state index contributed by atoms with van der Waals surface area (Å²) in [5.74, 6) is 0. The Hall–Kier alpha value is -1.33. The summed E-state index contributed by atoms with van der Waals surface area (Å²) in [7, 11) is 2.07. The quantitative estimate of drug-likeness (QED) is 0.769. The molecule has 0 aromatic carbocycles. The molecule has 0 spiro atoms. The fourth-order valence-corrected chi connectivity index (χ4v) is 3.10. The number of hydrogen-bond donors (Lipinski definition) is 0. The predicted octanol–water partition coefficient (Wildman–Crippen LogP) is 3.96. The summed E-state index contributed by atoms with van der Waals surface area (Å²) in [5, 5.41) is 0.504. The molecule has 2 rings (SSSR count). The van der Waals surface area contributed by atoms with Crippen molar-refractivity contribution in [1.29, 1.82) is 0 Å². The van der Waals surface area contributed by atoms with Crippen LogP contribution in [-0.2, 0) is 11.3 Å². The largest absolute Gasteiger partial charge is 0.444 e. The van der Waals surface area contributed by atoms with Crippen LogP contribution in [0.3, 0.4) is 0 Å². The SMILES string of the molecule is CN(Cc1ccc(Cl)nc1)C[C@H]1CCCCN1C(=O)OC(C)(C)C. The van der Waals surface area contributed by atoms with E-state index in [1.54, 1.807) is 12.3 Å². The summed E-state index contributed by atoms with van der Waals surface area (Å²) in [5.41, 5.74) is 0.654. The highest BCUT2D eigenvalue weighted by Crippen LogP contribution is 2.21. The van der Waals surface area contributed by atoms with E-state index in [9.17, 15) is 4.79 Å². The maximum Gasteiger partial charge on any atom is 0.410 e. The molecule has 6 heteroatoms. The van der Waals surface area contributed by atoms with Gasteiger partial charge in [-0.2, -0.15) is 0 Å². The predicted molar refractivity (Wildman–Crippen MR) is 96.2 cm³/mol. The number of nitrogens with zero attached hydrogens (tertiary/aromatic N) is 3. The van der Waals surface area contributed by atoms with Crippen LogP contribution in [0.4, 0.5) is 4.79 Å². The third-order valence-electron chi connectivity index (χ3n) is 4.02. The molecule has 1 aliphatic heterocycles. The lowest BCUT2D eigenvalue weighted by Gasteiger charge is -2.38. The van der Waals surface area contributed by atoms with E-state index in [1.165, 1.54) is 0 Å². The molecular formula is C18H28ClN3O2. The molecule has 1 amide bonds. The summed E-state index contributed by atoms with van der Waals surface area (Å²) in [6, 6.07) is 3.98. The third kappa shape index (κ3) is 5.95. The number of carbonyl (C=O) groups is 1. The van der Waals surface area contributed by atoms with Crippen LogP contribution < -0.4 is 0 Å². The van der Waals surface area contributed by atoms with E-state index in [-0.39, 0.29) is 12.1 Å². The Labute approximate surface area is 149 Å². The third-order valence-corrected chi connectivity index (χ3v) is 4.24. The minimum atomic E-state index is -0.458. The van der Waals surface area contributed by atoms with Crippen LogP contribution in [0.2, 0.25) is 5.15 Å². The topological polar surface area (TPSA) is 45.7 Å². The number of ether oxygens (including phenoxy) is 1. The number of aromatic nitrogens is 1. The van der Waals surface area contributed by atoms with E-state index < -0.39 is 5.60 Å². The standard InChI is InChI=1S/C18H28ClN3O2/c1-18(2,3)24-17(23)22-10-6-5-7-15(22)13-21(4)12-14-8-9-16(19)20-11-14/h8-9,11,15H,5-7,10,12-13H2,1-4H3/t15-/m1/s1. The van der Waals surface area contributed by atoms with E-state index in [0.717, 1.165) is 44.5 Å². The van der Waals surface area contributed by atoms with Gasteiger partial charge in [0.05, 0.1) is 0 Å². The maximum atomic E-state index is 12.5. The number of halogens is 1. The summed E-state index contributed by atoms with van der Waals surface area (Å²) in [4.78, 5) is 20.7. The monoisotopic (exact) mass is 353 g/mol. The van der Waals surface area contributed by atoms with Crippen molar-refractivity contribution in [1.82, 2.24) is 14.8 Å². The highest BCUT2D eigenvalue weighted by atomic mass is 35.5. The first kappa shape index (κ1) is 19.0. The summed E-state index contributed by atoms with van der Waals surface area (Å²) in [6.07, 6.45) is 4.81. The average molecular weight is 354 g/mol. The Morgan fingerprint density at radius 3 is 2.79 bits per heavy atom. The molecule has 0 aliphatic carbocycles. The van der Waals surface area contributed by atoms with Crippen LogP contribution in [0, 0.1) is 0 Å². The molecule has 0 bridgehead atoms. The molecule has 0 unspecified atom stereocenters. The van der Waals surface area contributed by atoms with Gasteiger partial charge in [-0.3, -0.25) is 0 Å². The Bertz CT molecular complexity index is 542. The first-order valence-electron chi connectivity index (χ1n) is 8.53. The van der Waals surface area contributed by atoms with Gasteiger partial charge in [-0.15, -0.1) is 0 Å². The number of pyridine rings is 1. The molecule has 1 aromatic rings. The Balaban J connectivity index is 1.94. The second-order valence-corrected chi connectivity index (χ2v) is 7.90. The molecule has 1 saturated heterocycles. The van der Waals surface area contributed by atoms with Gasteiger partial charge in [-0.05, 0) is 58.7 Å². The van der Waals surface area contributed by atoms with Crippen molar-refractivity contribution in [2.75, 3.05) is 20.1 Å². The molecule has 5 nitrogen and oxygen atoms in total. The molecule has 1 aromatic heterocycles. The first-order valence-corrected chi connectivity index (χ1v) is 8.91. The lowest BCUT2D eigenvalue weighted by atomic mass is 10.0. The molecule has 0 N–H and O–H groups in total. The van der Waals surface area contributed by atoms with Crippen LogP contribution in [0.15, 0.2) is 18.3 Å². The Kier molecular flexibility index (Phi) is 6.47. The number of likely N-dealkylation sites (N-methyl/N-ethyl adjacent to an activating group) is 1. The fraction of sp³-hybridized carbons (Fsp3) is 0.667. The molecular weight excluding hydrogens is 326 g/mol. The second kappa shape index (κ2) is 8.17. The van der Waals surface area contributed by atoms with Crippen LogP contribution >= 0.6 is 11.6 Å². The van der Waals surface area contributed by atoms with Crippen molar-refractivity contribution >= 4 is 17.7 Å². The van der Waals surface area contributed by atoms with Crippen LogP contribution in [-0.4, -0.2) is 52.7 Å². The van der Waals surface area contributed by atoms with Crippen molar-refractivity contribution in [3.05, 3.63) is 29.0 Å². The van der Waals surface area contributed by atoms with Gasteiger partial charge < -0.3 is 14.5 Å². The highest BCUT2D eigenvalue weighted by molar-refractivity contribution is 6.29. The van der Waals surface area contributed by atoms with E-state index in [1.807, 2.05) is 31.7 Å². The number of amides is 1. The molecule has 24 heavy (non-hydrogen) atoms. The van der Waals surface area contributed by atoms with Crippen LogP contribution in [0.25, 0.3) is 0 Å². The van der Waals surface area contributed by atoms with Gasteiger partial charge in [0.1, 0.15) is 10.8 Å². The zero-order valence-corrected chi connectivity index (χ0v) is 15.8. The molecule has 2 heterocycles. The van der Waals surface area contributed by atoms with E-state index in [0.29, 0.717) is 5.15 Å². The van der Waals surface area contributed by atoms with E-state index >= 15 is 0 Å². The highest BCUT2D eigenvalue weighted by Gasteiger charge is 2.31. The molecule has 0 radical (unpaired) electrons. The normalized spacial score (nSPS) is 18.8. The molecule has 1 fully saturated rings. The van der Waals surface area contributed by atoms with Gasteiger partial charge >= 0.3 is 6.09 Å².